The molecule has 0 aromatic heterocycles. The van der Waals surface area contributed by atoms with Crippen molar-refractivity contribution in [3.63, 3.8) is 0 Å². The van der Waals surface area contributed by atoms with Crippen molar-refractivity contribution in [1.29, 1.82) is 0 Å². The lowest BCUT2D eigenvalue weighted by atomic mass is 10.1. The largest absolute Gasteiger partial charge is 0.371 e. The van der Waals surface area contributed by atoms with Crippen molar-refractivity contribution in [2.45, 2.75) is 26.2 Å². The van der Waals surface area contributed by atoms with E-state index in [9.17, 15) is 4.79 Å². The lowest BCUT2D eigenvalue weighted by molar-refractivity contribution is 0.102. The Morgan fingerprint density at radius 1 is 1.09 bits per heavy atom. The summed E-state index contributed by atoms with van der Waals surface area (Å²) in [4.78, 5) is 14.9. The fourth-order valence-electron chi connectivity index (χ4n) is 2.95. The van der Waals surface area contributed by atoms with Gasteiger partial charge in [0.2, 0.25) is 0 Å². The third-order valence-electron chi connectivity index (χ3n) is 4.26. The van der Waals surface area contributed by atoms with Crippen LogP contribution in [0.1, 0.15) is 35.2 Å². The second-order valence-corrected chi connectivity index (χ2v) is 7.07. The van der Waals surface area contributed by atoms with Crippen molar-refractivity contribution in [2.24, 2.45) is 0 Å². The summed E-state index contributed by atoms with van der Waals surface area (Å²) in [5.74, 6) is -0.0473. The minimum absolute atomic E-state index is 0.0473. The van der Waals surface area contributed by atoms with Crippen LogP contribution in [0.25, 0.3) is 0 Å². The van der Waals surface area contributed by atoms with Crippen LogP contribution in [0.4, 0.5) is 11.4 Å². The van der Waals surface area contributed by atoms with E-state index in [0.29, 0.717) is 0 Å². The van der Waals surface area contributed by atoms with Crippen LogP contribution in [-0.2, 0) is 0 Å². The summed E-state index contributed by atoms with van der Waals surface area (Å²) in [5, 5.41) is 3.04. The van der Waals surface area contributed by atoms with Gasteiger partial charge in [-0.15, -0.1) is 0 Å². The summed E-state index contributed by atoms with van der Waals surface area (Å²) in [6, 6.07) is 14.0. The van der Waals surface area contributed by atoms with Gasteiger partial charge in [-0.05, 0) is 78.6 Å². The zero-order chi connectivity index (χ0) is 16.2. The molecule has 2 aromatic rings. The topological polar surface area (TPSA) is 32.3 Å². The number of amides is 1. The first-order valence-electron chi connectivity index (χ1n) is 8.06. The van der Waals surface area contributed by atoms with E-state index in [0.717, 1.165) is 33.5 Å². The highest BCUT2D eigenvalue weighted by atomic mass is 127. The quantitative estimate of drug-likeness (QED) is 0.721. The van der Waals surface area contributed by atoms with Gasteiger partial charge in [-0.25, -0.2) is 0 Å². The molecule has 0 saturated carbocycles. The first kappa shape index (κ1) is 16.3. The Morgan fingerprint density at radius 3 is 2.61 bits per heavy atom. The monoisotopic (exact) mass is 420 g/mol. The number of rotatable bonds is 3. The number of piperidine rings is 1. The molecule has 120 valence electrons. The molecule has 0 atom stereocenters. The molecule has 1 fully saturated rings. The van der Waals surface area contributed by atoms with Crippen LogP contribution in [0.15, 0.2) is 42.5 Å². The zero-order valence-electron chi connectivity index (χ0n) is 13.3. The van der Waals surface area contributed by atoms with Crippen LogP contribution >= 0.6 is 22.6 Å². The number of carbonyl (C=O) groups excluding carboxylic acids is 1. The third kappa shape index (κ3) is 3.86. The Balaban J connectivity index is 1.77. The number of benzene rings is 2. The highest BCUT2D eigenvalue weighted by molar-refractivity contribution is 14.1. The van der Waals surface area contributed by atoms with E-state index in [1.165, 1.54) is 24.9 Å². The maximum atomic E-state index is 12.5. The number of nitrogens with zero attached hydrogens (tertiary/aromatic N) is 1. The number of anilines is 2. The van der Waals surface area contributed by atoms with Crippen LogP contribution < -0.4 is 10.2 Å². The van der Waals surface area contributed by atoms with Gasteiger partial charge in [0.05, 0.1) is 5.56 Å². The summed E-state index contributed by atoms with van der Waals surface area (Å²) >= 11 is 2.24. The van der Waals surface area contributed by atoms with Gasteiger partial charge in [0.15, 0.2) is 0 Å². The van der Waals surface area contributed by atoms with E-state index in [1.54, 1.807) is 0 Å². The fraction of sp³-hybridized carbons (Fsp3) is 0.316. The maximum absolute atomic E-state index is 12.5. The van der Waals surface area contributed by atoms with Crippen molar-refractivity contribution in [3.05, 3.63) is 57.2 Å². The van der Waals surface area contributed by atoms with E-state index >= 15 is 0 Å². The molecule has 0 unspecified atom stereocenters. The molecule has 1 aliphatic rings. The third-order valence-corrected chi connectivity index (χ3v) is 5.69. The van der Waals surface area contributed by atoms with Crippen molar-refractivity contribution in [3.8, 4) is 0 Å². The number of hydrogen-bond acceptors (Lipinski definition) is 2. The zero-order valence-corrected chi connectivity index (χ0v) is 15.5. The molecule has 1 saturated heterocycles. The molecule has 0 radical (unpaired) electrons. The van der Waals surface area contributed by atoms with Gasteiger partial charge < -0.3 is 10.2 Å². The number of halogens is 1. The molecule has 0 bridgehead atoms. The number of nitrogens with one attached hydrogen (secondary N) is 1. The molecular weight excluding hydrogens is 399 g/mol. The predicted molar refractivity (Wildman–Crippen MR) is 104 cm³/mol. The molecule has 2 aromatic carbocycles. The second-order valence-electron chi connectivity index (χ2n) is 5.99. The Bertz CT molecular complexity index is 708. The Labute approximate surface area is 151 Å². The Kier molecular flexibility index (Phi) is 5.20. The molecule has 1 N–H and O–H groups in total. The van der Waals surface area contributed by atoms with Crippen LogP contribution in [0.2, 0.25) is 0 Å². The van der Waals surface area contributed by atoms with E-state index in [4.69, 9.17) is 0 Å². The summed E-state index contributed by atoms with van der Waals surface area (Å²) in [7, 11) is 0. The van der Waals surface area contributed by atoms with E-state index < -0.39 is 0 Å². The summed E-state index contributed by atoms with van der Waals surface area (Å²) in [6.45, 7) is 4.23. The highest BCUT2D eigenvalue weighted by Crippen LogP contribution is 2.24. The van der Waals surface area contributed by atoms with Crippen LogP contribution in [0, 0.1) is 10.5 Å². The molecule has 3 nitrogen and oxygen atoms in total. The highest BCUT2D eigenvalue weighted by Gasteiger charge is 2.14. The molecule has 1 heterocycles. The van der Waals surface area contributed by atoms with Gasteiger partial charge in [-0.1, -0.05) is 18.2 Å². The smallest absolute Gasteiger partial charge is 0.256 e. The minimum atomic E-state index is -0.0473. The molecular formula is C19H21IN2O. The predicted octanol–water partition coefficient (Wildman–Crippen LogP) is 4.84. The molecule has 0 aliphatic carbocycles. The van der Waals surface area contributed by atoms with Gasteiger partial charge in [0.25, 0.3) is 5.91 Å². The molecule has 23 heavy (non-hydrogen) atoms. The summed E-state index contributed by atoms with van der Waals surface area (Å²) in [6.07, 6.45) is 3.81. The van der Waals surface area contributed by atoms with Gasteiger partial charge in [-0.2, -0.15) is 0 Å². The van der Waals surface area contributed by atoms with Gasteiger partial charge in [-0.3, -0.25) is 4.79 Å². The summed E-state index contributed by atoms with van der Waals surface area (Å²) < 4.78 is 1.01. The van der Waals surface area contributed by atoms with Crippen LogP contribution in [-0.4, -0.2) is 19.0 Å². The van der Waals surface area contributed by atoms with E-state index in [-0.39, 0.29) is 5.91 Å². The Hall–Kier alpha value is -1.56. The van der Waals surface area contributed by atoms with Crippen molar-refractivity contribution < 1.29 is 4.79 Å². The normalized spacial score (nSPS) is 14.6. The number of aryl methyl sites for hydroxylation is 1. The van der Waals surface area contributed by atoms with Gasteiger partial charge in [0.1, 0.15) is 0 Å². The lowest BCUT2D eigenvalue weighted by Crippen LogP contribution is -2.29. The molecule has 0 spiro atoms. The SMILES string of the molecule is Cc1cccc(C(=O)Nc2cccc(N3CCCCC3)c2)c1I. The molecule has 1 aliphatic heterocycles. The maximum Gasteiger partial charge on any atom is 0.256 e. The molecule has 3 rings (SSSR count). The standard InChI is InChI=1S/C19H21IN2O/c1-14-7-5-10-17(18(14)20)19(23)21-15-8-6-9-16(13-15)22-11-3-2-4-12-22/h5-10,13H,2-4,11-12H2,1H3,(H,21,23). The molecule has 1 amide bonds. The number of hydrogen-bond donors (Lipinski definition) is 1. The van der Waals surface area contributed by atoms with Gasteiger partial charge in [0, 0.05) is 28.0 Å². The Morgan fingerprint density at radius 2 is 1.83 bits per heavy atom. The average molecular weight is 420 g/mol. The average Bonchev–Trinajstić information content (AvgIpc) is 2.58. The van der Waals surface area contributed by atoms with E-state index in [1.807, 2.05) is 37.3 Å². The second kappa shape index (κ2) is 7.34. The van der Waals surface area contributed by atoms with Crippen molar-refractivity contribution >= 4 is 39.9 Å². The van der Waals surface area contributed by atoms with E-state index in [2.05, 4.69) is 44.9 Å². The van der Waals surface area contributed by atoms with Crippen LogP contribution in [0.3, 0.4) is 0 Å². The first-order valence-corrected chi connectivity index (χ1v) is 9.14. The minimum Gasteiger partial charge on any atom is -0.371 e. The number of carbonyl (C=O) groups is 1. The lowest BCUT2D eigenvalue weighted by Gasteiger charge is -2.29. The first-order chi connectivity index (χ1) is 11.1. The summed E-state index contributed by atoms with van der Waals surface area (Å²) in [5.41, 5.74) is 3.91. The molecule has 4 heteroatoms. The van der Waals surface area contributed by atoms with Crippen molar-refractivity contribution in [2.75, 3.05) is 23.3 Å². The fourth-order valence-corrected chi connectivity index (χ4v) is 3.56. The van der Waals surface area contributed by atoms with Gasteiger partial charge >= 0.3 is 0 Å². The van der Waals surface area contributed by atoms with Crippen LogP contribution in [0.5, 0.6) is 0 Å². The van der Waals surface area contributed by atoms with Crippen molar-refractivity contribution in [1.82, 2.24) is 0 Å².